The lowest BCUT2D eigenvalue weighted by Gasteiger charge is -2.39. The number of carbonyl (C=O) groups excluding carboxylic acids is 1. The normalized spacial score (nSPS) is 22.7. The first kappa shape index (κ1) is 17.8. The zero-order valence-corrected chi connectivity index (χ0v) is 14.5. The van der Waals surface area contributed by atoms with Crippen LogP contribution in [0, 0.1) is 6.92 Å². The summed E-state index contributed by atoms with van der Waals surface area (Å²) in [4.78, 5) is 14.4. The smallest absolute Gasteiger partial charge is 0.318 e. The van der Waals surface area contributed by atoms with E-state index in [9.17, 15) is 4.79 Å². The van der Waals surface area contributed by atoms with Crippen molar-refractivity contribution in [3.63, 3.8) is 0 Å². The standard InChI is InChI=1S/C18H28N2O3/c1-13-7-5-6-8-16(13)17-11-20(15(3)12-23-17)18(21)19-14(2)9-10-22-4/h5-8,14-15,17H,9-12H2,1-4H3,(H,19,21)/t14-,15+,17+/m0/s1. The van der Waals surface area contributed by atoms with Gasteiger partial charge in [-0.2, -0.15) is 0 Å². The molecule has 0 spiro atoms. The summed E-state index contributed by atoms with van der Waals surface area (Å²) in [7, 11) is 1.67. The third-order valence-electron chi connectivity index (χ3n) is 4.35. The van der Waals surface area contributed by atoms with Crippen molar-refractivity contribution in [1.82, 2.24) is 10.2 Å². The fourth-order valence-corrected chi connectivity index (χ4v) is 2.84. The molecule has 1 aromatic rings. The van der Waals surface area contributed by atoms with Crippen LogP contribution >= 0.6 is 0 Å². The van der Waals surface area contributed by atoms with Gasteiger partial charge in [-0.1, -0.05) is 24.3 Å². The number of urea groups is 1. The van der Waals surface area contributed by atoms with Crippen molar-refractivity contribution in [3.05, 3.63) is 35.4 Å². The predicted octanol–water partition coefficient (Wildman–Crippen LogP) is 2.89. The minimum absolute atomic E-state index is 0.0250. The van der Waals surface area contributed by atoms with Gasteiger partial charge in [-0.3, -0.25) is 0 Å². The van der Waals surface area contributed by atoms with E-state index in [2.05, 4.69) is 24.4 Å². The molecule has 0 unspecified atom stereocenters. The Labute approximate surface area is 139 Å². The van der Waals surface area contributed by atoms with E-state index < -0.39 is 0 Å². The molecule has 0 bridgehead atoms. The number of nitrogens with one attached hydrogen (secondary N) is 1. The number of carbonyl (C=O) groups is 1. The molecular formula is C18H28N2O3. The van der Waals surface area contributed by atoms with E-state index >= 15 is 0 Å². The summed E-state index contributed by atoms with van der Waals surface area (Å²) in [5.41, 5.74) is 2.35. The molecule has 1 aromatic carbocycles. The van der Waals surface area contributed by atoms with Crippen molar-refractivity contribution in [2.75, 3.05) is 26.9 Å². The molecule has 1 heterocycles. The first-order valence-corrected chi connectivity index (χ1v) is 8.26. The number of benzene rings is 1. The quantitative estimate of drug-likeness (QED) is 0.907. The van der Waals surface area contributed by atoms with E-state index in [1.807, 2.05) is 30.9 Å². The maximum Gasteiger partial charge on any atom is 0.318 e. The van der Waals surface area contributed by atoms with Crippen LogP contribution in [0.5, 0.6) is 0 Å². The van der Waals surface area contributed by atoms with Crippen molar-refractivity contribution in [1.29, 1.82) is 0 Å². The van der Waals surface area contributed by atoms with Gasteiger partial charge >= 0.3 is 6.03 Å². The van der Waals surface area contributed by atoms with Gasteiger partial charge in [0.25, 0.3) is 0 Å². The van der Waals surface area contributed by atoms with Crippen LogP contribution in [-0.2, 0) is 9.47 Å². The van der Waals surface area contributed by atoms with E-state index in [-0.39, 0.29) is 24.2 Å². The number of ether oxygens (including phenoxy) is 2. The molecule has 1 fully saturated rings. The Bertz CT molecular complexity index is 521. The Morgan fingerprint density at radius 2 is 2.22 bits per heavy atom. The Kier molecular flexibility index (Phi) is 6.42. The second-order valence-corrected chi connectivity index (χ2v) is 6.31. The molecular weight excluding hydrogens is 292 g/mol. The molecule has 0 aliphatic carbocycles. The Balaban J connectivity index is 2.00. The molecule has 2 amide bonds. The van der Waals surface area contributed by atoms with Crippen LogP contribution in [0.3, 0.4) is 0 Å². The molecule has 3 atom stereocenters. The highest BCUT2D eigenvalue weighted by Crippen LogP contribution is 2.27. The lowest BCUT2D eigenvalue weighted by Crippen LogP contribution is -2.53. The molecule has 5 heteroatoms. The third-order valence-corrected chi connectivity index (χ3v) is 4.35. The monoisotopic (exact) mass is 320 g/mol. The number of hydrogen-bond acceptors (Lipinski definition) is 3. The molecule has 1 aliphatic heterocycles. The lowest BCUT2D eigenvalue weighted by molar-refractivity contribution is -0.0433. The SMILES string of the molecule is COCC[C@H](C)NC(=O)N1C[C@H](c2ccccc2C)OC[C@H]1C. The number of amides is 2. The fraction of sp³-hybridized carbons (Fsp3) is 0.611. The molecule has 2 rings (SSSR count). The Morgan fingerprint density at radius 3 is 2.91 bits per heavy atom. The minimum Gasteiger partial charge on any atom is -0.385 e. The highest BCUT2D eigenvalue weighted by atomic mass is 16.5. The van der Waals surface area contributed by atoms with E-state index in [1.54, 1.807) is 7.11 Å². The topological polar surface area (TPSA) is 50.8 Å². The predicted molar refractivity (Wildman–Crippen MR) is 90.5 cm³/mol. The molecule has 1 N–H and O–H groups in total. The van der Waals surface area contributed by atoms with Gasteiger partial charge in [-0.25, -0.2) is 4.79 Å². The van der Waals surface area contributed by atoms with Gasteiger partial charge in [0.05, 0.1) is 19.2 Å². The van der Waals surface area contributed by atoms with Gasteiger partial charge in [0.2, 0.25) is 0 Å². The van der Waals surface area contributed by atoms with Crippen LogP contribution in [0.2, 0.25) is 0 Å². The summed E-state index contributed by atoms with van der Waals surface area (Å²) in [5.74, 6) is 0. The van der Waals surface area contributed by atoms with Crippen LogP contribution in [0.15, 0.2) is 24.3 Å². The maximum atomic E-state index is 12.6. The van der Waals surface area contributed by atoms with Gasteiger partial charge in [0, 0.05) is 19.8 Å². The number of aryl methyl sites for hydroxylation is 1. The number of morpholine rings is 1. The van der Waals surface area contributed by atoms with Gasteiger partial charge in [0.1, 0.15) is 6.10 Å². The molecule has 1 aliphatic rings. The maximum absolute atomic E-state index is 12.6. The van der Waals surface area contributed by atoms with E-state index in [1.165, 1.54) is 5.56 Å². The highest BCUT2D eigenvalue weighted by Gasteiger charge is 2.31. The summed E-state index contributed by atoms with van der Waals surface area (Å²) in [6, 6.07) is 8.33. The highest BCUT2D eigenvalue weighted by molar-refractivity contribution is 5.75. The summed E-state index contributed by atoms with van der Waals surface area (Å²) in [6.45, 7) is 7.88. The van der Waals surface area contributed by atoms with E-state index in [0.29, 0.717) is 19.8 Å². The molecule has 0 saturated carbocycles. The van der Waals surface area contributed by atoms with Gasteiger partial charge in [0.15, 0.2) is 0 Å². The molecule has 1 saturated heterocycles. The zero-order chi connectivity index (χ0) is 16.8. The molecule has 5 nitrogen and oxygen atoms in total. The largest absolute Gasteiger partial charge is 0.385 e. The minimum atomic E-state index is -0.0626. The van der Waals surface area contributed by atoms with Crippen LogP contribution < -0.4 is 5.32 Å². The summed E-state index contributed by atoms with van der Waals surface area (Å²) >= 11 is 0. The zero-order valence-electron chi connectivity index (χ0n) is 14.5. The first-order chi connectivity index (χ1) is 11.0. The van der Waals surface area contributed by atoms with Crippen LogP contribution in [0.4, 0.5) is 4.79 Å². The van der Waals surface area contributed by atoms with Crippen LogP contribution in [0.25, 0.3) is 0 Å². The van der Waals surface area contributed by atoms with Crippen molar-refractivity contribution in [2.45, 2.75) is 45.4 Å². The summed E-state index contributed by atoms with van der Waals surface area (Å²) in [6.07, 6.45) is 0.745. The molecule has 0 radical (unpaired) electrons. The molecule has 23 heavy (non-hydrogen) atoms. The van der Waals surface area contributed by atoms with E-state index in [4.69, 9.17) is 9.47 Å². The van der Waals surface area contributed by atoms with Crippen molar-refractivity contribution < 1.29 is 14.3 Å². The second-order valence-electron chi connectivity index (χ2n) is 6.31. The van der Waals surface area contributed by atoms with Crippen LogP contribution in [0.1, 0.15) is 37.5 Å². The average Bonchev–Trinajstić information content (AvgIpc) is 2.54. The van der Waals surface area contributed by atoms with Crippen molar-refractivity contribution in [3.8, 4) is 0 Å². The van der Waals surface area contributed by atoms with Gasteiger partial charge < -0.3 is 19.7 Å². The molecule has 128 valence electrons. The van der Waals surface area contributed by atoms with Gasteiger partial charge in [-0.15, -0.1) is 0 Å². The van der Waals surface area contributed by atoms with E-state index in [0.717, 1.165) is 12.0 Å². The Morgan fingerprint density at radius 1 is 1.48 bits per heavy atom. The third kappa shape index (κ3) is 4.69. The number of methoxy groups -OCH3 is 1. The molecule has 0 aromatic heterocycles. The number of rotatable bonds is 5. The summed E-state index contributed by atoms with van der Waals surface area (Å²) < 4.78 is 11.0. The van der Waals surface area contributed by atoms with Crippen LogP contribution in [-0.4, -0.2) is 49.9 Å². The number of hydrogen-bond donors (Lipinski definition) is 1. The fourth-order valence-electron chi connectivity index (χ4n) is 2.84. The van der Waals surface area contributed by atoms with Crippen molar-refractivity contribution >= 4 is 6.03 Å². The lowest BCUT2D eigenvalue weighted by atomic mass is 10.0. The second kappa shape index (κ2) is 8.31. The number of nitrogens with zero attached hydrogens (tertiary/aromatic N) is 1. The van der Waals surface area contributed by atoms with Gasteiger partial charge in [-0.05, 0) is 38.3 Å². The first-order valence-electron chi connectivity index (χ1n) is 8.26. The Hall–Kier alpha value is -1.59. The average molecular weight is 320 g/mol. The summed E-state index contributed by atoms with van der Waals surface area (Å²) in [5, 5.41) is 3.05. The van der Waals surface area contributed by atoms with Crippen molar-refractivity contribution in [2.24, 2.45) is 0 Å².